The Balaban J connectivity index is 2.12. The third-order valence-corrected chi connectivity index (χ3v) is 3.05. The number of benzene rings is 2. The average Bonchev–Trinajstić information content (AvgIpc) is 2.46. The van der Waals surface area contributed by atoms with Gasteiger partial charge in [-0.3, -0.25) is 0 Å². The van der Waals surface area contributed by atoms with Gasteiger partial charge in [0.25, 0.3) is 0 Å². The molecule has 0 aliphatic heterocycles. The summed E-state index contributed by atoms with van der Waals surface area (Å²) in [7, 11) is 0. The van der Waals surface area contributed by atoms with E-state index in [1.165, 1.54) is 16.7 Å². The van der Waals surface area contributed by atoms with Gasteiger partial charge in [-0.1, -0.05) is 43.3 Å². The van der Waals surface area contributed by atoms with Gasteiger partial charge in [0.15, 0.2) is 0 Å². The van der Waals surface area contributed by atoms with Gasteiger partial charge in [-0.15, -0.1) is 11.6 Å². The van der Waals surface area contributed by atoms with Crippen LogP contribution < -0.4 is 4.74 Å². The molecule has 0 radical (unpaired) electrons. The number of ether oxygens (including phenoxy) is 1. The van der Waals surface area contributed by atoms with Crippen LogP contribution in [0.4, 0.5) is 0 Å². The minimum absolute atomic E-state index is 0.514. The van der Waals surface area contributed by atoms with Gasteiger partial charge in [-0.25, -0.2) is 0 Å². The van der Waals surface area contributed by atoms with E-state index >= 15 is 0 Å². The van der Waals surface area contributed by atoms with Crippen LogP contribution in [0.5, 0.6) is 5.75 Å². The fraction of sp³-hybridized carbons (Fsp3) is 0.250. The molecular formula is C16H17ClO. The normalized spacial score (nSPS) is 10.3. The van der Waals surface area contributed by atoms with E-state index in [0.29, 0.717) is 12.5 Å². The van der Waals surface area contributed by atoms with Crippen LogP contribution in [0.25, 0.3) is 11.1 Å². The lowest BCUT2D eigenvalue weighted by Gasteiger charge is -2.06. The van der Waals surface area contributed by atoms with Crippen LogP contribution in [0.3, 0.4) is 0 Å². The largest absolute Gasteiger partial charge is 0.492 e. The van der Waals surface area contributed by atoms with Crippen LogP contribution in [-0.2, 0) is 6.42 Å². The van der Waals surface area contributed by atoms with Crippen molar-refractivity contribution in [3.8, 4) is 16.9 Å². The van der Waals surface area contributed by atoms with Crippen molar-refractivity contribution in [1.29, 1.82) is 0 Å². The van der Waals surface area contributed by atoms with E-state index in [9.17, 15) is 0 Å². The lowest BCUT2D eigenvalue weighted by Crippen LogP contribution is -1.97. The summed E-state index contributed by atoms with van der Waals surface area (Å²) in [5.74, 6) is 1.38. The molecule has 0 spiro atoms. The van der Waals surface area contributed by atoms with Crippen molar-refractivity contribution in [3.05, 3.63) is 54.1 Å². The smallest absolute Gasteiger partial charge is 0.119 e. The molecule has 2 rings (SSSR count). The Kier molecular flexibility index (Phi) is 4.66. The molecule has 0 unspecified atom stereocenters. The summed E-state index contributed by atoms with van der Waals surface area (Å²) in [5.41, 5.74) is 3.80. The Labute approximate surface area is 113 Å². The standard InChI is InChI=1S/C16H17ClO/c1-2-13-3-5-14(6-4-13)15-7-9-16(10-8-15)18-12-11-17/h3-10H,2,11-12H2,1H3. The van der Waals surface area contributed by atoms with E-state index in [4.69, 9.17) is 16.3 Å². The molecule has 0 aromatic heterocycles. The molecule has 0 aliphatic carbocycles. The van der Waals surface area contributed by atoms with Crippen LogP contribution in [0.2, 0.25) is 0 Å². The summed E-state index contributed by atoms with van der Waals surface area (Å²) in [6.07, 6.45) is 1.07. The Morgan fingerprint density at radius 3 is 1.94 bits per heavy atom. The van der Waals surface area contributed by atoms with Crippen molar-refractivity contribution in [2.75, 3.05) is 12.5 Å². The maximum atomic E-state index is 5.58. The molecule has 2 heteroatoms. The quantitative estimate of drug-likeness (QED) is 0.718. The summed E-state index contributed by atoms with van der Waals surface area (Å²) in [5, 5.41) is 0. The van der Waals surface area contributed by atoms with Gasteiger partial charge >= 0.3 is 0 Å². The average molecular weight is 261 g/mol. The highest BCUT2D eigenvalue weighted by atomic mass is 35.5. The van der Waals surface area contributed by atoms with E-state index in [1.807, 2.05) is 12.1 Å². The maximum Gasteiger partial charge on any atom is 0.119 e. The number of hydrogen-bond donors (Lipinski definition) is 0. The van der Waals surface area contributed by atoms with Crippen molar-refractivity contribution >= 4 is 11.6 Å². The maximum absolute atomic E-state index is 5.58. The van der Waals surface area contributed by atoms with Crippen LogP contribution in [0.15, 0.2) is 48.5 Å². The zero-order valence-corrected chi connectivity index (χ0v) is 11.3. The second kappa shape index (κ2) is 6.46. The number of halogens is 1. The molecular weight excluding hydrogens is 244 g/mol. The van der Waals surface area contributed by atoms with Crippen molar-refractivity contribution in [1.82, 2.24) is 0 Å². The SMILES string of the molecule is CCc1ccc(-c2ccc(OCCCl)cc2)cc1. The first-order valence-corrected chi connectivity index (χ1v) is 6.75. The molecule has 0 bridgehead atoms. The Morgan fingerprint density at radius 1 is 0.889 bits per heavy atom. The summed E-state index contributed by atoms with van der Waals surface area (Å²) in [4.78, 5) is 0. The number of hydrogen-bond acceptors (Lipinski definition) is 1. The summed E-state index contributed by atoms with van der Waals surface area (Å²) in [6.45, 7) is 2.71. The Hall–Kier alpha value is -1.47. The second-order valence-corrected chi connectivity index (χ2v) is 4.49. The van der Waals surface area contributed by atoms with Gasteiger partial charge in [0.1, 0.15) is 12.4 Å². The summed E-state index contributed by atoms with van der Waals surface area (Å²) in [6, 6.07) is 16.8. The molecule has 0 fully saturated rings. The highest BCUT2D eigenvalue weighted by molar-refractivity contribution is 6.18. The lowest BCUT2D eigenvalue weighted by molar-refractivity contribution is 0.343. The van der Waals surface area contributed by atoms with Gasteiger partial charge < -0.3 is 4.74 Å². The van der Waals surface area contributed by atoms with Crippen LogP contribution in [0, 0.1) is 0 Å². The fourth-order valence-corrected chi connectivity index (χ4v) is 1.91. The first-order chi connectivity index (χ1) is 8.83. The lowest BCUT2D eigenvalue weighted by atomic mass is 10.0. The molecule has 2 aromatic rings. The Bertz CT molecular complexity index is 473. The molecule has 18 heavy (non-hydrogen) atoms. The predicted octanol–water partition coefficient (Wildman–Crippen LogP) is 4.53. The number of alkyl halides is 1. The van der Waals surface area contributed by atoms with Crippen LogP contribution in [-0.4, -0.2) is 12.5 Å². The molecule has 0 atom stereocenters. The van der Waals surface area contributed by atoms with Crippen molar-refractivity contribution in [2.45, 2.75) is 13.3 Å². The minimum atomic E-state index is 0.514. The molecule has 0 saturated carbocycles. The van der Waals surface area contributed by atoms with Crippen molar-refractivity contribution < 1.29 is 4.74 Å². The summed E-state index contributed by atoms with van der Waals surface area (Å²) < 4.78 is 5.45. The molecule has 0 aliphatic rings. The second-order valence-electron chi connectivity index (χ2n) is 4.11. The van der Waals surface area contributed by atoms with Crippen molar-refractivity contribution in [3.63, 3.8) is 0 Å². The zero-order chi connectivity index (χ0) is 12.8. The highest BCUT2D eigenvalue weighted by Crippen LogP contribution is 2.22. The molecule has 0 heterocycles. The monoisotopic (exact) mass is 260 g/mol. The third kappa shape index (κ3) is 3.27. The van der Waals surface area contributed by atoms with Gasteiger partial charge in [0.05, 0.1) is 5.88 Å². The van der Waals surface area contributed by atoms with E-state index in [1.54, 1.807) is 0 Å². The first-order valence-electron chi connectivity index (χ1n) is 6.21. The fourth-order valence-electron chi connectivity index (χ4n) is 1.83. The summed E-state index contributed by atoms with van der Waals surface area (Å²) >= 11 is 5.58. The third-order valence-electron chi connectivity index (χ3n) is 2.90. The number of aryl methyl sites for hydroxylation is 1. The van der Waals surface area contributed by atoms with Gasteiger partial charge in [-0.05, 0) is 35.2 Å². The molecule has 0 amide bonds. The van der Waals surface area contributed by atoms with E-state index < -0.39 is 0 Å². The van der Waals surface area contributed by atoms with Gasteiger partial charge in [-0.2, -0.15) is 0 Å². The first kappa shape index (κ1) is 13.0. The van der Waals surface area contributed by atoms with E-state index in [2.05, 4.69) is 43.3 Å². The van der Waals surface area contributed by atoms with Crippen LogP contribution in [0.1, 0.15) is 12.5 Å². The Morgan fingerprint density at radius 2 is 1.44 bits per heavy atom. The van der Waals surface area contributed by atoms with Crippen molar-refractivity contribution in [2.24, 2.45) is 0 Å². The molecule has 1 nitrogen and oxygen atoms in total. The predicted molar refractivity (Wildman–Crippen MR) is 77.5 cm³/mol. The molecule has 0 N–H and O–H groups in total. The zero-order valence-electron chi connectivity index (χ0n) is 10.5. The highest BCUT2D eigenvalue weighted by Gasteiger charge is 1.99. The topological polar surface area (TPSA) is 9.23 Å². The molecule has 0 saturated heterocycles. The molecule has 2 aromatic carbocycles. The molecule has 94 valence electrons. The minimum Gasteiger partial charge on any atom is -0.492 e. The van der Waals surface area contributed by atoms with Gasteiger partial charge in [0, 0.05) is 0 Å². The van der Waals surface area contributed by atoms with E-state index in [0.717, 1.165) is 12.2 Å². The van der Waals surface area contributed by atoms with Gasteiger partial charge in [0.2, 0.25) is 0 Å². The van der Waals surface area contributed by atoms with E-state index in [-0.39, 0.29) is 0 Å². The van der Waals surface area contributed by atoms with Crippen LogP contribution >= 0.6 is 11.6 Å². The number of rotatable bonds is 5.